The Balaban J connectivity index is 0.940. The molecule has 0 N–H and O–H groups in total. The van der Waals surface area contributed by atoms with Crippen LogP contribution in [0, 0.1) is 0 Å². The van der Waals surface area contributed by atoms with Crippen molar-refractivity contribution in [1.29, 1.82) is 0 Å². The molecule has 2 heterocycles. The molecule has 0 atom stereocenters. The summed E-state index contributed by atoms with van der Waals surface area (Å²) in [5, 5.41) is 0. The van der Waals surface area contributed by atoms with Gasteiger partial charge in [0.15, 0.2) is 0 Å². The SMILES string of the molecule is c1ccc(-c2cc(-c3ccccc3)cc(-c3ccc(N(c4ccc5c(c4)-c4ccccc4C54c5ccccc5Sc5ccccc54)c4cccc5c4-c4ccccc4C54c5ccccc5Sc5ccccc54)cc3)c2)cc1. The molecule has 77 heavy (non-hydrogen) atoms. The Bertz CT molecular complexity index is 4200. The van der Waals surface area contributed by atoms with Crippen molar-refractivity contribution >= 4 is 40.6 Å². The van der Waals surface area contributed by atoms with Crippen molar-refractivity contribution in [3.8, 4) is 55.6 Å². The van der Waals surface area contributed by atoms with Gasteiger partial charge in [0.25, 0.3) is 0 Å². The van der Waals surface area contributed by atoms with E-state index < -0.39 is 10.8 Å². The molecule has 360 valence electrons. The fraction of sp³-hybridized carbons (Fsp3) is 0.0270. The average Bonchev–Trinajstić information content (AvgIpc) is 4.14. The highest BCUT2D eigenvalue weighted by Crippen LogP contribution is 2.66. The van der Waals surface area contributed by atoms with Crippen LogP contribution in [0.3, 0.4) is 0 Å². The summed E-state index contributed by atoms with van der Waals surface area (Å²) in [6.45, 7) is 0. The summed E-state index contributed by atoms with van der Waals surface area (Å²) in [4.78, 5) is 7.77. The maximum Gasteiger partial charge on any atom is 0.0736 e. The highest BCUT2D eigenvalue weighted by atomic mass is 32.2. The molecule has 0 amide bonds. The summed E-state index contributed by atoms with van der Waals surface area (Å²) < 4.78 is 0. The average molecular weight is 1010 g/mol. The molecule has 0 fully saturated rings. The van der Waals surface area contributed by atoms with Crippen molar-refractivity contribution in [3.05, 3.63) is 330 Å². The molecule has 0 bridgehead atoms. The van der Waals surface area contributed by atoms with Crippen molar-refractivity contribution in [3.63, 3.8) is 0 Å². The molecule has 2 spiro atoms. The Morgan fingerprint density at radius 2 is 0.610 bits per heavy atom. The van der Waals surface area contributed by atoms with Gasteiger partial charge in [0, 0.05) is 36.5 Å². The number of benzene rings is 12. The molecule has 12 aromatic carbocycles. The van der Waals surface area contributed by atoms with Gasteiger partial charge in [-0.1, -0.05) is 236 Å². The second kappa shape index (κ2) is 17.3. The molecule has 16 rings (SSSR count). The molecule has 4 aliphatic rings. The van der Waals surface area contributed by atoms with Gasteiger partial charge in [0.1, 0.15) is 0 Å². The normalized spacial score (nSPS) is 14.1. The van der Waals surface area contributed by atoms with Gasteiger partial charge in [-0.25, -0.2) is 0 Å². The van der Waals surface area contributed by atoms with E-state index in [0.29, 0.717) is 0 Å². The Morgan fingerprint density at radius 3 is 1.13 bits per heavy atom. The third-order valence-corrected chi connectivity index (χ3v) is 19.1. The van der Waals surface area contributed by atoms with Crippen LogP contribution < -0.4 is 4.90 Å². The van der Waals surface area contributed by atoms with Crippen LogP contribution in [0.5, 0.6) is 0 Å². The lowest BCUT2D eigenvalue weighted by atomic mass is 9.67. The first-order valence-electron chi connectivity index (χ1n) is 26.6. The third-order valence-electron chi connectivity index (χ3n) is 16.8. The first-order valence-corrected chi connectivity index (χ1v) is 28.2. The second-order valence-corrected chi connectivity index (χ2v) is 22.8. The van der Waals surface area contributed by atoms with Crippen LogP contribution in [0.2, 0.25) is 0 Å². The number of hydrogen-bond acceptors (Lipinski definition) is 3. The molecule has 0 saturated heterocycles. The number of hydrogen-bond donors (Lipinski definition) is 0. The second-order valence-electron chi connectivity index (χ2n) is 20.6. The van der Waals surface area contributed by atoms with Gasteiger partial charge in [0.2, 0.25) is 0 Å². The summed E-state index contributed by atoms with van der Waals surface area (Å²) in [5.74, 6) is 0. The first kappa shape index (κ1) is 44.4. The van der Waals surface area contributed by atoms with E-state index in [1.165, 1.54) is 114 Å². The van der Waals surface area contributed by atoms with Gasteiger partial charge in [-0.05, 0) is 167 Å². The molecule has 2 aliphatic heterocycles. The summed E-state index contributed by atoms with van der Waals surface area (Å²) in [6.07, 6.45) is 0. The van der Waals surface area contributed by atoms with Crippen molar-refractivity contribution < 1.29 is 0 Å². The molecule has 0 saturated carbocycles. The molecule has 0 radical (unpaired) electrons. The minimum absolute atomic E-state index is 0.471. The van der Waals surface area contributed by atoms with Crippen molar-refractivity contribution in [2.24, 2.45) is 0 Å². The fourth-order valence-corrected chi connectivity index (χ4v) is 16.1. The molecule has 1 nitrogen and oxygen atoms in total. The lowest BCUT2D eigenvalue weighted by Crippen LogP contribution is -2.32. The monoisotopic (exact) mass is 1010 g/mol. The Labute approximate surface area is 458 Å². The Hall–Kier alpha value is -8.86. The molecular formula is C74H47NS2. The van der Waals surface area contributed by atoms with Crippen LogP contribution in [0.15, 0.2) is 305 Å². The number of anilines is 3. The highest BCUT2D eigenvalue weighted by molar-refractivity contribution is 7.99. The van der Waals surface area contributed by atoms with E-state index in [1.807, 2.05) is 23.5 Å². The van der Waals surface area contributed by atoms with E-state index in [4.69, 9.17) is 0 Å². The zero-order valence-corrected chi connectivity index (χ0v) is 43.5. The Kier molecular flexibility index (Phi) is 10.0. The maximum atomic E-state index is 2.55. The van der Waals surface area contributed by atoms with Crippen LogP contribution in [0.1, 0.15) is 44.5 Å². The predicted octanol–water partition coefficient (Wildman–Crippen LogP) is 19.8. The van der Waals surface area contributed by atoms with Gasteiger partial charge in [0.05, 0.1) is 16.5 Å². The van der Waals surface area contributed by atoms with Crippen molar-refractivity contribution in [1.82, 2.24) is 0 Å². The predicted molar refractivity (Wildman–Crippen MR) is 320 cm³/mol. The smallest absolute Gasteiger partial charge is 0.0736 e. The van der Waals surface area contributed by atoms with Crippen LogP contribution in [0.25, 0.3) is 55.6 Å². The molecule has 2 aliphatic carbocycles. The van der Waals surface area contributed by atoms with Crippen LogP contribution in [-0.4, -0.2) is 0 Å². The van der Waals surface area contributed by atoms with Gasteiger partial charge < -0.3 is 4.90 Å². The van der Waals surface area contributed by atoms with E-state index in [1.54, 1.807) is 0 Å². The van der Waals surface area contributed by atoms with Gasteiger partial charge in [-0.15, -0.1) is 0 Å². The highest BCUT2D eigenvalue weighted by Gasteiger charge is 2.52. The summed E-state index contributed by atoms with van der Waals surface area (Å²) in [5.41, 5.74) is 25.2. The zero-order chi connectivity index (χ0) is 50.7. The lowest BCUT2D eigenvalue weighted by molar-refractivity contribution is 0.722. The van der Waals surface area contributed by atoms with Crippen LogP contribution in [0.4, 0.5) is 17.1 Å². The first-order chi connectivity index (χ1) is 38.2. The number of rotatable bonds is 6. The standard InChI is InChI=1S/C74H47NS2/c1-3-20-48(21-4-1)51-44-52(49-22-5-2-6-23-49)46-53(45-51)50-38-40-54(41-39-50)75(55-42-43-61-58(47-55)56-24-7-9-26-59(56)73(61)62-28-11-15-34-68(62)76-69-35-16-12-29-63(69)73)67-33-19-32-66-72(67)57-25-8-10-27-60(57)74(66)64-30-13-17-36-70(64)77-71-37-18-14-31-65(71)74/h1-47H. The third kappa shape index (κ3) is 6.45. The minimum Gasteiger partial charge on any atom is -0.310 e. The van der Waals surface area contributed by atoms with Gasteiger partial charge in [-0.3, -0.25) is 0 Å². The van der Waals surface area contributed by atoms with Crippen molar-refractivity contribution in [2.75, 3.05) is 4.90 Å². The summed E-state index contributed by atoms with van der Waals surface area (Å²) >= 11 is 3.78. The van der Waals surface area contributed by atoms with E-state index in [9.17, 15) is 0 Å². The number of fused-ring (bicyclic) bond motifs is 18. The molecule has 0 aromatic heterocycles. The zero-order valence-electron chi connectivity index (χ0n) is 41.9. The van der Waals surface area contributed by atoms with E-state index in [-0.39, 0.29) is 0 Å². The lowest BCUT2D eigenvalue weighted by Gasteiger charge is -2.40. The number of nitrogens with zero attached hydrogens (tertiary/aromatic N) is 1. The summed E-state index contributed by atoms with van der Waals surface area (Å²) in [7, 11) is 0. The van der Waals surface area contributed by atoms with Crippen molar-refractivity contribution in [2.45, 2.75) is 30.4 Å². The topological polar surface area (TPSA) is 3.24 Å². The minimum atomic E-state index is -0.515. The molecule has 0 unspecified atom stereocenters. The van der Waals surface area contributed by atoms with Crippen LogP contribution in [-0.2, 0) is 10.8 Å². The van der Waals surface area contributed by atoms with Gasteiger partial charge in [-0.2, -0.15) is 0 Å². The quantitative estimate of drug-likeness (QED) is 0.163. The fourth-order valence-electron chi connectivity index (χ4n) is 13.7. The van der Waals surface area contributed by atoms with E-state index in [2.05, 4.69) is 290 Å². The molecular weight excluding hydrogens is 967 g/mol. The molecule has 12 aromatic rings. The molecule has 3 heteroatoms. The van der Waals surface area contributed by atoms with E-state index >= 15 is 0 Å². The van der Waals surface area contributed by atoms with Gasteiger partial charge >= 0.3 is 0 Å². The van der Waals surface area contributed by atoms with Crippen LogP contribution >= 0.6 is 23.5 Å². The largest absolute Gasteiger partial charge is 0.310 e. The maximum absolute atomic E-state index is 2.55. The van der Waals surface area contributed by atoms with E-state index in [0.717, 1.165) is 22.6 Å². The Morgan fingerprint density at radius 1 is 0.234 bits per heavy atom. The summed E-state index contributed by atoms with van der Waals surface area (Å²) in [6, 6.07) is 107.